The lowest BCUT2D eigenvalue weighted by Crippen LogP contribution is -2.74. The van der Waals surface area contributed by atoms with Gasteiger partial charge in [-0.05, 0) is 39.7 Å². The van der Waals surface area contributed by atoms with Crippen LogP contribution in [0, 0.1) is 10.1 Å². The third kappa shape index (κ3) is 10.6. The molecule has 0 aromatic heterocycles. The van der Waals surface area contributed by atoms with E-state index < -0.39 is 116 Å². The zero-order valence-corrected chi connectivity index (χ0v) is 31.3. The summed E-state index contributed by atoms with van der Waals surface area (Å²) in [7, 11) is -2.17. The lowest BCUT2D eigenvalue weighted by molar-refractivity contribution is -0.461. The smallest absolute Gasteiger partial charge is 0.493 e. The molecule has 1 aromatic rings. The highest BCUT2D eigenvalue weighted by molar-refractivity contribution is 6.60. The molecule has 0 saturated carbocycles. The van der Waals surface area contributed by atoms with Gasteiger partial charge in [-0.3, -0.25) is 10.1 Å². The number of alkyl carbamates (subject to hydrolysis) is 1. The van der Waals surface area contributed by atoms with Crippen LogP contribution in [0.3, 0.4) is 0 Å². The summed E-state index contributed by atoms with van der Waals surface area (Å²) in [5, 5.41) is 14.0. The number of nitro benzene ring substituents is 1. The van der Waals surface area contributed by atoms with Crippen LogP contribution in [0.1, 0.15) is 45.6 Å². The average Bonchev–Trinajstić information content (AvgIpc) is 3.10. The quantitative estimate of drug-likeness (QED) is 0.0336. The SMILES string of the molecule is CCO[Si](CCCNC(=O)OCc1cc(OC)c(OCCCC(F)(F)C(F)(F)C(F)(F)C(F)(F)C(F)(F)C(F)(F)C(F)(F)C(F)(F)F)cc1[N+](=O)[O-])(OCC)OCC. The van der Waals surface area contributed by atoms with Crippen LogP contribution in [0.4, 0.5) is 85.1 Å². The van der Waals surface area contributed by atoms with Crippen molar-refractivity contribution in [2.45, 2.75) is 100 Å². The summed E-state index contributed by atoms with van der Waals surface area (Å²) in [5.41, 5.74) is -1.32. The van der Waals surface area contributed by atoms with Crippen LogP contribution in [0.5, 0.6) is 11.5 Å². The summed E-state index contributed by atoms with van der Waals surface area (Å²) in [6, 6.07) is 1.60. The number of nitro groups is 1. The Balaban J connectivity index is 3.10. The summed E-state index contributed by atoms with van der Waals surface area (Å²) in [6.45, 7) is 3.79. The molecule has 0 fully saturated rings. The van der Waals surface area contributed by atoms with Gasteiger partial charge < -0.3 is 32.8 Å². The zero-order valence-electron chi connectivity index (χ0n) is 30.3. The van der Waals surface area contributed by atoms with Crippen molar-refractivity contribution in [1.29, 1.82) is 0 Å². The summed E-state index contributed by atoms with van der Waals surface area (Å²) in [4.78, 5) is 22.8. The Labute approximate surface area is 317 Å². The van der Waals surface area contributed by atoms with Gasteiger partial charge in [0.05, 0.1) is 30.3 Å². The van der Waals surface area contributed by atoms with Crippen molar-refractivity contribution < 1.29 is 112 Å². The van der Waals surface area contributed by atoms with Gasteiger partial charge in [-0.15, -0.1) is 0 Å². The Morgan fingerprint density at radius 2 is 1.17 bits per heavy atom. The minimum absolute atomic E-state index is 0.00661. The van der Waals surface area contributed by atoms with Crippen molar-refractivity contribution in [3.63, 3.8) is 0 Å². The molecular weight excluding hydrogens is 871 g/mol. The van der Waals surface area contributed by atoms with Gasteiger partial charge in [0.15, 0.2) is 11.5 Å². The molecule has 1 aromatic carbocycles. The van der Waals surface area contributed by atoms with Crippen molar-refractivity contribution in [2.24, 2.45) is 0 Å². The van der Waals surface area contributed by atoms with E-state index in [1.807, 2.05) is 0 Å². The molecule has 338 valence electrons. The molecule has 0 heterocycles. The van der Waals surface area contributed by atoms with Crippen molar-refractivity contribution >= 4 is 20.6 Å². The van der Waals surface area contributed by atoms with Gasteiger partial charge in [0, 0.05) is 38.8 Å². The number of carbonyl (C=O) groups excluding carboxylic acids is 1. The molecule has 0 aliphatic carbocycles. The third-order valence-corrected chi connectivity index (χ3v) is 10.8. The van der Waals surface area contributed by atoms with Gasteiger partial charge in [0.25, 0.3) is 5.69 Å². The number of nitrogens with zero attached hydrogens (tertiary/aromatic N) is 1. The van der Waals surface area contributed by atoms with E-state index in [9.17, 15) is 89.5 Å². The number of alkyl halides is 17. The van der Waals surface area contributed by atoms with E-state index >= 15 is 0 Å². The van der Waals surface area contributed by atoms with Crippen LogP contribution in [0.15, 0.2) is 12.1 Å². The monoisotopic (exact) mass is 906 g/mol. The highest BCUT2D eigenvalue weighted by Crippen LogP contribution is 2.64. The molecule has 58 heavy (non-hydrogen) atoms. The molecule has 0 aliphatic rings. The maximum absolute atomic E-state index is 14.3. The number of hydrogen-bond donors (Lipinski definition) is 1. The predicted molar refractivity (Wildman–Crippen MR) is 163 cm³/mol. The Bertz CT molecular complexity index is 1520. The molecular formula is C29H35F17N2O9Si. The van der Waals surface area contributed by atoms with Crippen LogP contribution in [-0.2, 0) is 24.6 Å². The highest BCUT2D eigenvalue weighted by Gasteiger charge is 2.95. The number of nitrogens with one attached hydrogen (secondary N) is 1. The number of amides is 1. The Hall–Kier alpha value is -3.60. The minimum atomic E-state index is -8.75. The van der Waals surface area contributed by atoms with Gasteiger partial charge in [-0.2, -0.15) is 74.6 Å². The lowest BCUT2D eigenvalue weighted by atomic mass is 9.88. The summed E-state index contributed by atoms with van der Waals surface area (Å²) in [6.07, 6.45) is -13.1. The van der Waals surface area contributed by atoms with E-state index in [-0.39, 0.29) is 38.8 Å². The molecule has 1 amide bonds. The van der Waals surface area contributed by atoms with Crippen molar-refractivity contribution in [1.82, 2.24) is 5.32 Å². The summed E-state index contributed by atoms with van der Waals surface area (Å²) >= 11 is 0. The van der Waals surface area contributed by atoms with E-state index in [2.05, 4.69) is 5.32 Å². The van der Waals surface area contributed by atoms with Crippen molar-refractivity contribution in [2.75, 3.05) is 40.1 Å². The second-order valence-electron chi connectivity index (χ2n) is 11.6. The average molecular weight is 907 g/mol. The molecule has 0 saturated heterocycles. The molecule has 0 unspecified atom stereocenters. The van der Waals surface area contributed by atoms with Gasteiger partial charge in [0.2, 0.25) is 0 Å². The van der Waals surface area contributed by atoms with E-state index in [4.69, 9.17) is 27.5 Å². The highest BCUT2D eigenvalue weighted by atomic mass is 28.4. The summed E-state index contributed by atoms with van der Waals surface area (Å²) < 4.78 is 261. The topological polar surface area (TPSA) is 128 Å². The first kappa shape index (κ1) is 52.4. The molecule has 1 rings (SSSR count). The van der Waals surface area contributed by atoms with Crippen LogP contribution in [0.25, 0.3) is 0 Å². The molecule has 1 N–H and O–H groups in total. The fourth-order valence-electron chi connectivity index (χ4n) is 4.67. The van der Waals surface area contributed by atoms with Crippen molar-refractivity contribution in [3.8, 4) is 11.5 Å². The van der Waals surface area contributed by atoms with Crippen LogP contribution < -0.4 is 14.8 Å². The first-order valence-electron chi connectivity index (χ1n) is 16.3. The zero-order chi connectivity index (χ0) is 45.4. The number of hydrogen-bond acceptors (Lipinski definition) is 9. The van der Waals surface area contributed by atoms with Crippen LogP contribution in [-0.4, -0.2) is 108 Å². The third-order valence-electron chi connectivity index (χ3n) is 7.62. The molecule has 11 nitrogen and oxygen atoms in total. The van der Waals surface area contributed by atoms with E-state index in [1.54, 1.807) is 20.8 Å². The fourth-order valence-corrected chi connectivity index (χ4v) is 7.28. The number of carbonyl (C=O) groups is 1. The number of methoxy groups -OCH3 is 1. The van der Waals surface area contributed by atoms with Gasteiger partial charge in [-0.25, -0.2) is 4.79 Å². The predicted octanol–water partition coefficient (Wildman–Crippen LogP) is 9.44. The van der Waals surface area contributed by atoms with Crippen LogP contribution >= 0.6 is 0 Å². The Morgan fingerprint density at radius 1 is 0.707 bits per heavy atom. The first-order valence-corrected chi connectivity index (χ1v) is 18.2. The molecule has 0 atom stereocenters. The second kappa shape index (κ2) is 19.2. The van der Waals surface area contributed by atoms with Gasteiger partial charge >= 0.3 is 62.5 Å². The van der Waals surface area contributed by atoms with E-state index in [1.165, 1.54) is 0 Å². The minimum Gasteiger partial charge on any atom is -0.493 e. The van der Waals surface area contributed by atoms with E-state index in [0.29, 0.717) is 6.07 Å². The molecule has 0 aliphatic heterocycles. The molecule has 0 bridgehead atoms. The Morgan fingerprint density at radius 3 is 1.60 bits per heavy atom. The maximum Gasteiger partial charge on any atom is 0.500 e. The summed E-state index contributed by atoms with van der Waals surface area (Å²) in [5.74, 6) is -58.6. The molecule has 0 spiro atoms. The van der Waals surface area contributed by atoms with Crippen molar-refractivity contribution in [3.05, 3.63) is 27.8 Å². The molecule has 0 radical (unpaired) electrons. The normalized spacial score (nSPS) is 14.0. The van der Waals surface area contributed by atoms with E-state index in [0.717, 1.165) is 13.2 Å². The second-order valence-corrected chi connectivity index (χ2v) is 14.3. The van der Waals surface area contributed by atoms with Crippen LogP contribution in [0.2, 0.25) is 6.04 Å². The fraction of sp³-hybridized carbons (Fsp3) is 0.759. The standard InChI is InChI=1S/C29H35F17N2O9Si/c1-5-55-58(56-6-2,57-7-3)13-9-11-47-21(49)54-16-17-14-19(52-4)20(15-18(17)48(50)51)53-12-8-10-22(30,31)23(32,33)24(34,35)25(36,37)26(38,39)27(40,41)28(42,43)29(44,45)46/h14-15H,5-13,16H2,1-4H3,(H,47,49). The Kier molecular flexibility index (Phi) is 17.3. The maximum atomic E-state index is 14.3. The number of rotatable bonds is 25. The van der Waals surface area contributed by atoms with Gasteiger partial charge in [0.1, 0.15) is 6.61 Å². The lowest BCUT2D eigenvalue weighted by Gasteiger charge is -2.42. The first-order chi connectivity index (χ1) is 26.3. The number of benzene rings is 1. The van der Waals surface area contributed by atoms with Gasteiger partial charge in [-0.1, -0.05) is 0 Å². The molecule has 29 heteroatoms. The number of ether oxygens (including phenoxy) is 3. The largest absolute Gasteiger partial charge is 0.500 e. The number of halogens is 17.